The number of carbonyl (C=O) groups excluding carboxylic acids is 7. The number of ether oxygens (including phenoxy) is 6. The van der Waals surface area contributed by atoms with Crippen molar-refractivity contribution in [1.82, 2.24) is 110 Å². The van der Waals surface area contributed by atoms with E-state index in [2.05, 4.69) is 159 Å². The number of amides is 8. The van der Waals surface area contributed by atoms with Crippen LogP contribution in [0.15, 0.2) is 20.0 Å². The molecule has 0 atom stereocenters. The summed E-state index contributed by atoms with van der Waals surface area (Å²) in [7, 11) is 96.6. The molecule has 0 aliphatic heterocycles. The molecule has 141 heavy (non-hydrogen) atoms. The first kappa shape index (κ1) is 177. The van der Waals surface area contributed by atoms with Crippen molar-refractivity contribution in [1.29, 1.82) is 0 Å². The van der Waals surface area contributed by atoms with Gasteiger partial charge in [0, 0.05) is 303 Å². The molecular weight excluding hydrogens is 1930 g/mol. The second kappa shape index (κ2) is 99.0. The number of carbonyl (C=O) groups is 7. The highest BCUT2D eigenvalue weighted by Crippen LogP contribution is 2.23. The van der Waals surface area contributed by atoms with E-state index in [-0.39, 0.29) is 57.6 Å². The predicted molar refractivity (Wildman–Crippen MR) is 620 cm³/mol. The quantitative estimate of drug-likeness (QED) is 0.0787. The molecule has 0 saturated heterocycles. The fraction of sp³-hybridized carbons (Fsp3) is 0.880. The van der Waals surface area contributed by atoms with E-state index < -0.39 is 27.2 Å². The number of imide groups is 1. The fourth-order valence-corrected chi connectivity index (χ4v) is 7.99. The topological polar surface area (TPSA) is 350 Å². The van der Waals surface area contributed by atoms with Gasteiger partial charge in [0.25, 0.3) is 20.7 Å². The normalized spacial score (nSPS) is 10.7. The van der Waals surface area contributed by atoms with Crippen molar-refractivity contribution in [3.63, 3.8) is 0 Å². The predicted octanol–water partition coefficient (Wildman–Crippen LogP) is 10.4. The molecule has 0 radical (unpaired) electrons. The second-order valence-electron chi connectivity index (χ2n) is 36.3. The first-order valence-electron chi connectivity index (χ1n) is 44.1. The lowest BCUT2D eigenvalue weighted by Gasteiger charge is -2.38. The zero-order chi connectivity index (χ0) is 119. The van der Waals surface area contributed by atoms with Gasteiger partial charge in [-0.2, -0.15) is 17.0 Å². The Morgan fingerprint density at radius 2 is 0.504 bits per heavy atom. The van der Waals surface area contributed by atoms with Crippen LogP contribution in [0.4, 0.5) is 24.0 Å². The van der Waals surface area contributed by atoms with E-state index in [4.69, 9.17) is 18.9 Å². The summed E-state index contributed by atoms with van der Waals surface area (Å²) in [4.78, 5) is 124. The summed E-state index contributed by atoms with van der Waals surface area (Å²) in [6, 6.07) is 0.0185. The Morgan fingerprint density at radius 1 is 0.291 bits per heavy atom. The van der Waals surface area contributed by atoms with E-state index in [9.17, 15) is 46.2 Å². The third-order valence-electron chi connectivity index (χ3n) is 18.8. The van der Waals surface area contributed by atoms with E-state index in [0.717, 1.165) is 37.1 Å². The zero-order valence-electron chi connectivity index (χ0n) is 105. The van der Waals surface area contributed by atoms with Gasteiger partial charge in [-0.1, -0.05) is 23.5 Å². The zero-order valence-corrected chi connectivity index (χ0v) is 109. The molecule has 0 spiro atoms. The first-order chi connectivity index (χ1) is 62.8. The van der Waals surface area contributed by atoms with Crippen molar-refractivity contribution in [2.24, 2.45) is 20.0 Å². The van der Waals surface area contributed by atoms with Gasteiger partial charge in [0.1, 0.15) is 11.4 Å². The van der Waals surface area contributed by atoms with Gasteiger partial charge in [-0.05, 0) is 207 Å². The Hall–Kier alpha value is -5.69. The van der Waals surface area contributed by atoms with Gasteiger partial charge in [0.15, 0.2) is 28.9 Å². The molecule has 8 amide bonds. The molecule has 0 rings (SSSR count). The van der Waals surface area contributed by atoms with Crippen LogP contribution in [-0.4, -0.2) is 633 Å². The van der Waals surface area contributed by atoms with Crippen LogP contribution in [0.25, 0.3) is 0 Å². The van der Waals surface area contributed by atoms with Crippen molar-refractivity contribution in [3.05, 3.63) is 0 Å². The fourth-order valence-electron chi connectivity index (χ4n) is 5.22. The van der Waals surface area contributed by atoms with E-state index >= 15 is 0 Å². The molecule has 43 nitrogen and oxygen atoms in total. The van der Waals surface area contributed by atoms with Crippen molar-refractivity contribution in [2.45, 2.75) is 143 Å². The van der Waals surface area contributed by atoms with Gasteiger partial charge in [0.05, 0.1) is 41.3 Å². The number of hydrogen-bond donors (Lipinski definition) is 0. The molecule has 0 aliphatic rings. The monoisotopic (exact) mass is 2160 g/mol. The summed E-state index contributed by atoms with van der Waals surface area (Å²) in [5.41, 5.74) is -0.0833. The molecule has 0 bridgehead atoms. The van der Waals surface area contributed by atoms with Gasteiger partial charge >= 0.3 is 18.2 Å². The number of nitrogens with zero attached hydrogens (tertiary/aromatic N) is 27. The highest BCUT2D eigenvalue weighted by molar-refractivity contribution is 8.13. The molecule has 860 valence electrons. The maximum Gasteiger partial charge on any atom is 0.408 e. The van der Waals surface area contributed by atoms with E-state index in [0.29, 0.717) is 9.74 Å². The number of methoxy groups -OCH3 is 6. The first-order valence-corrected chi connectivity index (χ1v) is 51.4. The van der Waals surface area contributed by atoms with E-state index in [1.54, 1.807) is 200 Å². The molecule has 0 aromatic heterocycles. The smallest absolute Gasteiger partial charge is 0.408 e. The SMILES string of the molecule is CC(=O)N(C)C(C)=O.CN(C)C(=O)N(C)C.CN(C)C(C)(C)N(C)C.CN(C)S(=O)(=O)N(C)C.CN(C)S(=O)N(C)C.CN=C(C)N(C)C.CN=C(C)N(C)C.CN=C(N(C)C)N(C)C.CN=C(N(C)C)N(C)C.COC(=O)N(C)C.COC(=O)N(C)C.COC(C)(C)N(C)C.COC(C)(C)N(C)C.COC(C)(C)OC.CSC(=O)N(C)C.CSC(=O)N(C)C.CSC(C)(C)N(C)C.CSC(C)(C)N(C)C. The van der Waals surface area contributed by atoms with Crippen molar-refractivity contribution < 1.29 is 74.6 Å². The second-order valence-corrected chi connectivity index (χ2v) is 44.9. The lowest BCUT2D eigenvalue weighted by atomic mass is 10.2. The van der Waals surface area contributed by atoms with Crippen molar-refractivity contribution in [3.8, 4) is 0 Å². The maximum absolute atomic E-state index is 10.9. The number of hydrogen-bond acceptors (Lipinski definition) is 30. The van der Waals surface area contributed by atoms with Gasteiger partial charge in [-0.25, -0.2) is 27.2 Å². The number of thioether (sulfide) groups is 4. The molecule has 0 aliphatic carbocycles. The van der Waals surface area contributed by atoms with Crippen molar-refractivity contribution in [2.75, 3.05) is 413 Å². The summed E-state index contributed by atoms with van der Waals surface area (Å²) in [5.74, 6) is 3.21. The third kappa shape index (κ3) is 119. The Kier molecular flexibility index (Phi) is 124. The van der Waals surface area contributed by atoms with Crippen LogP contribution >= 0.6 is 47.0 Å². The maximum atomic E-state index is 10.9. The standard InChI is InChI=1S/C7H18N2.2C6H15N3.2C6H15NO.2C6H15NS.C5H12N2O.2C5H12N2.C5H9NO2.C5H12O2.C4H12N2O2S.C4H12N2OS.2C4H9NO2.2C4H9NOS/c1-7(2,8(3)4)9(5)6;2*1-7-6(8(2)3)9(4)5;4*1-6(2,8-5)7(3)4;1-6(2)5(8)7(3)4;2*1-5(6-2)7(3)4;1-4(7)6(3)5(2)8;1-5(2,6-3)7-4;1-5(2)9(7,8)6(3)4;1-5(2)8(7)6(3)4;4*1-5(2)4(6)7-3/h1-6H3;2*1-5H3;4*1-5H3;1-4H3;2*1-4H3;1-3H3;1-4H3;1-4H3;1-4H3;4*1-3H3. The van der Waals surface area contributed by atoms with Gasteiger partial charge < -0.3 is 87.2 Å². The molecule has 49 heteroatoms. The Labute approximate surface area is 888 Å². The number of guanidine groups is 2. The lowest BCUT2D eigenvalue weighted by molar-refractivity contribution is -0.178. The Bertz CT molecular complexity index is 2970. The van der Waals surface area contributed by atoms with Crippen LogP contribution in [0.5, 0.6) is 0 Å². The number of aliphatic imine (C=N–C) groups is 4. The summed E-state index contributed by atoms with van der Waals surface area (Å²) in [5, 5.41) is 0.194. The van der Waals surface area contributed by atoms with Crippen LogP contribution in [0, 0.1) is 0 Å². The average molecular weight is 2160 g/mol. The molecule has 0 saturated carbocycles. The highest BCUT2D eigenvalue weighted by Gasteiger charge is 2.23. The molecule has 0 unspecified atom stereocenters. The Morgan fingerprint density at radius 3 is 0.504 bits per heavy atom. The van der Waals surface area contributed by atoms with Crippen LogP contribution in [0.1, 0.15) is 111 Å². The number of urea groups is 1. The Balaban J connectivity index is -0.0000000711. The summed E-state index contributed by atoms with van der Waals surface area (Å²) in [6.07, 6.45) is 7.14. The molecular formula is C92H225N27O16S6. The average Bonchev–Trinajstić information content (AvgIpc) is 0.875. The minimum Gasteiger partial charge on any atom is -0.453 e. The molecule has 0 heterocycles. The van der Waals surface area contributed by atoms with Crippen LogP contribution in [0.2, 0.25) is 0 Å². The van der Waals surface area contributed by atoms with E-state index in [1.807, 2.05) is 231 Å². The molecule has 0 aromatic rings. The van der Waals surface area contributed by atoms with Gasteiger partial charge in [-0.3, -0.25) is 73.4 Å². The number of amidine groups is 2. The summed E-state index contributed by atoms with van der Waals surface area (Å²) < 4.78 is 66.7. The van der Waals surface area contributed by atoms with Crippen LogP contribution < -0.4 is 0 Å². The molecule has 0 aromatic carbocycles. The lowest BCUT2D eigenvalue weighted by Crippen LogP contribution is -2.49. The number of rotatable bonds is 16. The minimum atomic E-state index is -3.15. The van der Waals surface area contributed by atoms with Crippen LogP contribution in [0.3, 0.4) is 0 Å². The summed E-state index contributed by atoms with van der Waals surface area (Å²) in [6.45, 7) is 31.6. The van der Waals surface area contributed by atoms with Gasteiger partial charge in [0.2, 0.25) is 11.8 Å². The van der Waals surface area contributed by atoms with Crippen LogP contribution in [-0.2, 0) is 59.4 Å². The largest absolute Gasteiger partial charge is 0.453 e. The summed E-state index contributed by atoms with van der Waals surface area (Å²) >= 11 is 5.21. The van der Waals surface area contributed by atoms with Crippen molar-refractivity contribution >= 4 is 133 Å². The molecule has 0 fully saturated rings. The minimum absolute atomic E-state index is 0.0185. The third-order valence-corrected chi connectivity index (χ3v) is 26.1. The molecule has 0 N–H and O–H groups in total. The highest BCUT2D eigenvalue weighted by atomic mass is 32.2. The van der Waals surface area contributed by atoms with E-state index in [1.165, 1.54) is 106 Å². The van der Waals surface area contributed by atoms with Gasteiger partial charge in [-0.15, -0.1) is 23.5 Å².